The molecule has 0 bridgehead atoms. The first kappa shape index (κ1) is 14.6. The van der Waals surface area contributed by atoms with Crippen molar-refractivity contribution in [3.05, 3.63) is 23.8 Å². The van der Waals surface area contributed by atoms with Gasteiger partial charge in [-0.2, -0.15) is 13.2 Å². The maximum Gasteiger partial charge on any atom is 0.401 e. The van der Waals surface area contributed by atoms with E-state index in [-0.39, 0.29) is 18.3 Å². The first-order valence-corrected chi connectivity index (χ1v) is 5.57. The summed E-state index contributed by atoms with van der Waals surface area (Å²) in [5, 5.41) is 9.60. The summed E-state index contributed by atoms with van der Waals surface area (Å²) in [6.07, 6.45) is -4.26. The largest absolute Gasteiger partial charge is 0.508 e. The number of alkyl halides is 3. The molecule has 0 saturated carbocycles. The number of halogens is 3. The van der Waals surface area contributed by atoms with Crippen LogP contribution in [0.3, 0.4) is 0 Å². The number of phenolic OH excluding ortho intramolecular Hbond substituents is 1. The van der Waals surface area contributed by atoms with Gasteiger partial charge in [0.25, 0.3) is 0 Å². The number of phenols is 1. The van der Waals surface area contributed by atoms with Gasteiger partial charge in [-0.3, -0.25) is 4.90 Å². The topological polar surface area (TPSA) is 49.5 Å². The molecule has 0 fully saturated rings. The highest BCUT2D eigenvalue weighted by atomic mass is 19.4. The molecule has 0 atom stereocenters. The Bertz CT molecular complexity index is 405. The van der Waals surface area contributed by atoms with Crippen molar-refractivity contribution < 1.29 is 18.3 Å². The summed E-state index contributed by atoms with van der Waals surface area (Å²) in [6, 6.07) is 4.09. The molecule has 6 heteroatoms. The average molecular weight is 262 g/mol. The van der Waals surface area contributed by atoms with Gasteiger partial charge in [0.05, 0.1) is 6.54 Å². The van der Waals surface area contributed by atoms with E-state index in [2.05, 4.69) is 0 Å². The van der Waals surface area contributed by atoms with E-state index < -0.39 is 12.7 Å². The van der Waals surface area contributed by atoms with Crippen LogP contribution in [0.4, 0.5) is 18.9 Å². The molecule has 0 saturated heterocycles. The van der Waals surface area contributed by atoms with Gasteiger partial charge in [0.1, 0.15) is 5.75 Å². The second kappa shape index (κ2) is 5.48. The Morgan fingerprint density at radius 3 is 2.44 bits per heavy atom. The number of aromatic hydroxyl groups is 1. The quantitative estimate of drug-likeness (QED) is 0.648. The van der Waals surface area contributed by atoms with Gasteiger partial charge in [-0.05, 0) is 32.0 Å². The van der Waals surface area contributed by atoms with Crippen LogP contribution in [0, 0.1) is 0 Å². The molecule has 0 aliphatic carbocycles. The number of nitrogens with two attached hydrogens (primary N) is 1. The molecule has 1 aromatic carbocycles. The SMILES string of the molecule is CC(C)N(Cc1cc(N)ccc1O)CC(F)(F)F. The molecular weight excluding hydrogens is 245 g/mol. The monoisotopic (exact) mass is 262 g/mol. The number of anilines is 1. The van der Waals surface area contributed by atoms with Gasteiger partial charge >= 0.3 is 6.18 Å². The zero-order chi connectivity index (χ0) is 13.9. The second-order valence-electron chi connectivity index (χ2n) is 4.50. The maximum absolute atomic E-state index is 12.4. The Morgan fingerprint density at radius 1 is 1.33 bits per heavy atom. The predicted octanol–water partition coefficient (Wildman–Crippen LogP) is 2.75. The summed E-state index contributed by atoms with van der Waals surface area (Å²) in [5.41, 5.74) is 6.37. The number of nitrogen functional groups attached to an aromatic ring is 1. The molecule has 0 amide bonds. The Kier molecular flexibility index (Phi) is 4.45. The van der Waals surface area contributed by atoms with Crippen molar-refractivity contribution in [2.75, 3.05) is 12.3 Å². The minimum atomic E-state index is -4.26. The summed E-state index contributed by atoms with van der Waals surface area (Å²) < 4.78 is 37.3. The molecule has 0 spiro atoms. The Labute approximate surface area is 104 Å². The van der Waals surface area contributed by atoms with Crippen LogP contribution in [0.15, 0.2) is 18.2 Å². The molecule has 0 aromatic heterocycles. The highest BCUT2D eigenvalue weighted by Crippen LogP contribution is 2.25. The fraction of sp³-hybridized carbons (Fsp3) is 0.500. The van der Waals surface area contributed by atoms with Crippen LogP contribution in [-0.2, 0) is 6.54 Å². The average Bonchev–Trinajstić information content (AvgIpc) is 2.20. The third-order valence-corrected chi connectivity index (χ3v) is 2.59. The van der Waals surface area contributed by atoms with Gasteiger partial charge in [-0.15, -0.1) is 0 Å². The minimum absolute atomic E-state index is 0.00799. The van der Waals surface area contributed by atoms with Gasteiger partial charge in [-0.1, -0.05) is 0 Å². The van der Waals surface area contributed by atoms with Gasteiger partial charge in [0.2, 0.25) is 0 Å². The third kappa shape index (κ3) is 4.44. The molecule has 1 aromatic rings. The molecule has 0 heterocycles. The molecule has 3 nitrogen and oxygen atoms in total. The van der Waals surface area contributed by atoms with Crippen molar-refractivity contribution in [2.45, 2.75) is 32.6 Å². The Balaban J connectivity index is 2.86. The molecule has 0 unspecified atom stereocenters. The van der Waals surface area contributed by atoms with Crippen molar-refractivity contribution in [3.8, 4) is 5.75 Å². The van der Waals surface area contributed by atoms with Crippen LogP contribution in [-0.4, -0.2) is 28.8 Å². The first-order valence-electron chi connectivity index (χ1n) is 5.57. The van der Waals surface area contributed by atoms with Crippen LogP contribution < -0.4 is 5.73 Å². The molecule has 3 N–H and O–H groups in total. The standard InChI is InChI=1S/C12H17F3N2O/c1-8(2)17(7-12(13,14)15)6-9-5-10(16)3-4-11(9)18/h3-5,8,18H,6-7,16H2,1-2H3. The fourth-order valence-corrected chi connectivity index (χ4v) is 1.60. The maximum atomic E-state index is 12.4. The second-order valence-corrected chi connectivity index (χ2v) is 4.50. The number of benzene rings is 1. The molecule has 0 aliphatic heterocycles. The smallest absolute Gasteiger partial charge is 0.401 e. The summed E-state index contributed by atoms with van der Waals surface area (Å²) in [5.74, 6) is -0.0444. The van der Waals surface area contributed by atoms with E-state index in [0.717, 1.165) is 0 Å². The molecule has 0 aliphatic rings. The van der Waals surface area contributed by atoms with E-state index in [1.807, 2.05) is 0 Å². The highest BCUT2D eigenvalue weighted by molar-refractivity contribution is 5.47. The van der Waals surface area contributed by atoms with E-state index >= 15 is 0 Å². The lowest BCUT2D eigenvalue weighted by molar-refractivity contribution is -0.150. The van der Waals surface area contributed by atoms with Crippen molar-refractivity contribution in [2.24, 2.45) is 0 Å². The Morgan fingerprint density at radius 2 is 1.94 bits per heavy atom. The summed E-state index contributed by atoms with van der Waals surface area (Å²) in [7, 11) is 0. The van der Waals surface area contributed by atoms with Crippen LogP contribution >= 0.6 is 0 Å². The lowest BCUT2D eigenvalue weighted by Crippen LogP contribution is -2.38. The minimum Gasteiger partial charge on any atom is -0.508 e. The summed E-state index contributed by atoms with van der Waals surface area (Å²) in [4.78, 5) is 1.23. The number of hydrogen-bond donors (Lipinski definition) is 2. The van der Waals surface area contributed by atoms with Gasteiger partial charge in [0, 0.05) is 23.8 Å². The molecule has 1 rings (SSSR count). The van der Waals surface area contributed by atoms with Crippen LogP contribution in [0.25, 0.3) is 0 Å². The summed E-state index contributed by atoms with van der Waals surface area (Å²) >= 11 is 0. The molecular formula is C12H17F3N2O. The zero-order valence-electron chi connectivity index (χ0n) is 10.3. The van der Waals surface area contributed by atoms with Gasteiger partial charge in [0.15, 0.2) is 0 Å². The van der Waals surface area contributed by atoms with E-state index in [1.165, 1.54) is 23.1 Å². The van der Waals surface area contributed by atoms with Crippen LogP contribution in [0.5, 0.6) is 5.75 Å². The lowest BCUT2D eigenvalue weighted by atomic mass is 10.1. The number of hydrogen-bond acceptors (Lipinski definition) is 3. The predicted molar refractivity (Wildman–Crippen MR) is 64.1 cm³/mol. The summed E-state index contributed by atoms with van der Waals surface area (Å²) in [6.45, 7) is 2.34. The highest BCUT2D eigenvalue weighted by Gasteiger charge is 2.32. The number of nitrogens with zero attached hydrogens (tertiary/aromatic N) is 1. The van der Waals surface area contributed by atoms with E-state index in [0.29, 0.717) is 11.3 Å². The van der Waals surface area contributed by atoms with Crippen LogP contribution in [0.1, 0.15) is 19.4 Å². The lowest BCUT2D eigenvalue weighted by Gasteiger charge is -2.27. The van der Waals surface area contributed by atoms with E-state index in [4.69, 9.17) is 5.73 Å². The van der Waals surface area contributed by atoms with Crippen molar-refractivity contribution in [3.63, 3.8) is 0 Å². The van der Waals surface area contributed by atoms with Crippen molar-refractivity contribution >= 4 is 5.69 Å². The van der Waals surface area contributed by atoms with E-state index in [1.54, 1.807) is 13.8 Å². The van der Waals surface area contributed by atoms with Gasteiger partial charge < -0.3 is 10.8 Å². The molecule has 18 heavy (non-hydrogen) atoms. The molecule has 102 valence electrons. The van der Waals surface area contributed by atoms with Crippen LogP contribution in [0.2, 0.25) is 0 Å². The fourth-order valence-electron chi connectivity index (χ4n) is 1.60. The number of rotatable bonds is 4. The normalized spacial score (nSPS) is 12.4. The first-order chi connectivity index (χ1) is 8.19. The van der Waals surface area contributed by atoms with Crippen molar-refractivity contribution in [1.82, 2.24) is 4.90 Å². The zero-order valence-corrected chi connectivity index (χ0v) is 10.3. The van der Waals surface area contributed by atoms with E-state index in [9.17, 15) is 18.3 Å². The Hall–Kier alpha value is -1.43. The van der Waals surface area contributed by atoms with Crippen molar-refractivity contribution in [1.29, 1.82) is 0 Å². The molecule has 0 radical (unpaired) electrons. The third-order valence-electron chi connectivity index (χ3n) is 2.59. The van der Waals surface area contributed by atoms with Gasteiger partial charge in [-0.25, -0.2) is 0 Å².